The van der Waals surface area contributed by atoms with E-state index in [-0.39, 0.29) is 6.79 Å². The van der Waals surface area contributed by atoms with Gasteiger partial charge in [0.15, 0.2) is 17.1 Å². The van der Waals surface area contributed by atoms with E-state index in [0.717, 1.165) is 50.7 Å². The molecule has 1 N–H and O–H groups in total. The van der Waals surface area contributed by atoms with E-state index in [1.54, 1.807) is 6.33 Å². The number of fused-ring (bicyclic) bond motifs is 2. The molecule has 0 bridgehead atoms. The van der Waals surface area contributed by atoms with E-state index in [0.29, 0.717) is 11.6 Å². The maximum Gasteiger partial charge on any atom is 0.231 e. The van der Waals surface area contributed by atoms with E-state index in [2.05, 4.69) is 38.2 Å². The maximum absolute atomic E-state index is 6.28. The van der Waals surface area contributed by atoms with Crippen LogP contribution in [0.15, 0.2) is 85.3 Å². The Balaban J connectivity index is 1.45. The van der Waals surface area contributed by atoms with Gasteiger partial charge in [0, 0.05) is 29.0 Å². The molecule has 0 fully saturated rings. The molecule has 0 saturated heterocycles. The Bertz CT molecular complexity index is 1470. The molecule has 1 aliphatic rings. The maximum atomic E-state index is 6.28. The molecule has 162 valence electrons. The van der Waals surface area contributed by atoms with Crippen molar-refractivity contribution in [2.45, 2.75) is 6.54 Å². The van der Waals surface area contributed by atoms with Gasteiger partial charge in [-0.05, 0) is 41.5 Å². The molecule has 6 rings (SSSR count). The molecule has 7 heteroatoms. The van der Waals surface area contributed by atoms with Gasteiger partial charge in [0.25, 0.3) is 0 Å². The summed E-state index contributed by atoms with van der Waals surface area (Å²) in [4.78, 5) is 9.22. The lowest BCUT2D eigenvalue weighted by atomic mass is 10.1. The van der Waals surface area contributed by atoms with Gasteiger partial charge in [-0.25, -0.2) is 9.97 Å². The number of benzene rings is 3. The molecular weight excluding hydrogens is 436 g/mol. The van der Waals surface area contributed by atoms with Crippen LogP contribution < -0.4 is 14.8 Å². The predicted molar refractivity (Wildman–Crippen MR) is 129 cm³/mol. The summed E-state index contributed by atoms with van der Waals surface area (Å²) >= 11 is 6.28. The predicted octanol–water partition coefficient (Wildman–Crippen LogP) is 6.08. The first kappa shape index (κ1) is 19.6. The number of hydrogen-bond donors (Lipinski definition) is 1. The first-order valence-corrected chi connectivity index (χ1v) is 10.9. The van der Waals surface area contributed by atoms with Crippen molar-refractivity contribution in [3.8, 4) is 28.3 Å². The lowest BCUT2D eigenvalue weighted by molar-refractivity contribution is 0.174. The summed E-state index contributed by atoms with van der Waals surface area (Å²) < 4.78 is 13.0. The quantitative estimate of drug-likeness (QED) is 0.348. The van der Waals surface area contributed by atoms with Gasteiger partial charge in [0.05, 0.1) is 5.39 Å². The van der Waals surface area contributed by atoms with E-state index >= 15 is 0 Å². The summed E-state index contributed by atoms with van der Waals surface area (Å²) in [6.45, 7) is 0.843. The zero-order valence-electron chi connectivity index (χ0n) is 17.5. The summed E-state index contributed by atoms with van der Waals surface area (Å²) in [6, 6.07) is 23.9. The summed E-state index contributed by atoms with van der Waals surface area (Å²) in [6.07, 6.45) is 3.67. The second-order valence-corrected chi connectivity index (χ2v) is 8.16. The highest BCUT2D eigenvalue weighted by Crippen LogP contribution is 2.36. The van der Waals surface area contributed by atoms with Gasteiger partial charge in [-0.2, -0.15) is 0 Å². The second-order valence-electron chi connectivity index (χ2n) is 7.72. The summed E-state index contributed by atoms with van der Waals surface area (Å²) in [5.74, 6) is 2.30. The zero-order valence-corrected chi connectivity index (χ0v) is 18.3. The van der Waals surface area contributed by atoms with Crippen LogP contribution in [0.3, 0.4) is 0 Å². The number of anilines is 1. The van der Waals surface area contributed by atoms with Crippen LogP contribution in [0.4, 0.5) is 5.82 Å². The molecule has 0 saturated carbocycles. The summed E-state index contributed by atoms with van der Waals surface area (Å²) in [5.41, 5.74) is 4.94. The third-order valence-corrected chi connectivity index (χ3v) is 5.89. The van der Waals surface area contributed by atoms with Crippen molar-refractivity contribution >= 4 is 28.5 Å². The van der Waals surface area contributed by atoms with Gasteiger partial charge in [-0.15, -0.1) is 0 Å². The molecule has 6 nitrogen and oxygen atoms in total. The van der Waals surface area contributed by atoms with E-state index in [1.807, 2.05) is 60.7 Å². The number of ether oxygens (including phenoxy) is 2. The molecule has 0 aliphatic carbocycles. The smallest absolute Gasteiger partial charge is 0.231 e. The van der Waals surface area contributed by atoms with Gasteiger partial charge >= 0.3 is 0 Å². The monoisotopic (exact) mass is 454 g/mol. The third-order valence-electron chi connectivity index (χ3n) is 5.65. The zero-order chi connectivity index (χ0) is 22.2. The van der Waals surface area contributed by atoms with Crippen LogP contribution in [-0.2, 0) is 6.54 Å². The molecule has 0 atom stereocenters. The minimum absolute atomic E-state index is 0.260. The van der Waals surface area contributed by atoms with E-state index in [1.165, 1.54) is 0 Å². The fourth-order valence-corrected chi connectivity index (χ4v) is 4.28. The van der Waals surface area contributed by atoms with Crippen LogP contribution >= 0.6 is 11.6 Å². The molecule has 3 heterocycles. The Morgan fingerprint density at radius 3 is 2.67 bits per heavy atom. The molecule has 3 aromatic carbocycles. The van der Waals surface area contributed by atoms with Gasteiger partial charge in [-0.3, -0.25) is 0 Å². The molecule has 0 spiro atoms. The topological polar surface area (TPSA) is 61.2 Å². The minimum Gasteiger partial charge on any atom is -0.454 e. The normalized spacial score (nSPS) is 12.3. The van der Waals surface area contributed by atoms with E-state index < -0.39 is 0 Å². The average Bonchev–Trinajstić information content (AvgIpc) is 3.48. The number of rotatable bonds is 5. The van der Waals surface area contributed by atoms with Crippen molar-refractivity contribution in [3.05, 3.63) is 95.9 Å². The van der Waals surface area contributed by atoms with Crippen molar-refractivity contribution in [2.24, 2.45) is 0 Å². The standard InChI is InChI=1S/C26H19ClN4O2/c27-19-7-4-8-20(12-19)31-14-21(18-5-2-1-3-6-18)24-25(29-15-30-26(24)31)28-13-17-9-10-22-23(11-17)33-16-32-22/h1-12,14-15H,13,16H2,(H,28,29,30). The number of nitrogens with zero attached hydrogens (tertiary/aromatic N) is 3. The van der Waals surface area contributed by atoms with E-state index in [4.69, 9.17) is 21.1 Å². The minimum atomic E-state index is 0.260. The summed E-state index contributed by atoms with van der Waals surface area (Å²) in [7, 11) is 0. The fourth-order valence-electron chi connectivity index (χ4n) is 4.09. The first-order valence-electron chi connectivity index (χ1n) is 10.6. The van der Waals surface area contributed by atoms with Gasteiger partial charge in [-0.1, -0.05) is 54.1 Å². The summed E-state index contributed by atoms with van der Waals surface area (Å²) in [5, 5.41) is 5.12. The highest BCUT2D eigenvalue weighted by atomic mass is 35.5. The van der Waals surface area contributed by atoms with Crippen LogP contribution in [-0.4, -0.2) is 21.3 Å². The number of nitrogens with one attached hydrogen (secondary N) is 1. The van der Waals surface area contributed by atoms with Crippen molar-refractivity contribution in [2.75, 3.05) is 12.1 Å². The van der Waals surface area contributed by atoms with Gasteiger partial charge in [0.2, 0.25) is 6.79 Å². The molecule has 0 radical (unpaired) electrons. The molecule has 1 aliphatic heterocycles. The Morgan fingerprint density at radius 1 is 0.909 bits per heavy atom. The Labute approximate surface area is 195 Å². The lowest BCUT2D eigenvalue weighted by Crippen LogP contribution is -2.03. The van der Waals surface area contributed by atoms with Crippen LogP contribution in [0.25, 0.3) is 27.8 Å². The van der Waals surface area contributed by atoms with Gasteiger partial charge in [0.1, 0.15) is 12.1 Å². The molecule has 0 amide bonds. The van der Waals surface area contributed by atoms with Crippen LogP contribution in [0.1, 0.15) is 5.56 Å². The van der Waals surface area contributed by atoms with Gasteiger partial charge < -0.3 is 19.4 Å². The number of hydrogen-bond acceptors (Lipinski definition) is 5. The van der Waals surface area contributed by atoms with Crippen molar-refractivity contribution in [1.82, 2.24) is 14.5 Å². The average molecular weight is 455 g/mol. The molecule has 33 heavy (non-hydrogen) atoms. The highest BCUT2D eigenvalue weighted by molar-refractivity contribution is 6.30. The first-order chi connectivity index (χ1) is 16.3. The fraction of sp³-hybridized carbons (Fsp3) is 0.0769. The second kappa shape index (κ2) is 8.15. The Morgan fingerprint density at radius 2 is 1.79 bits per heavy atom. The molecule has 2 aromatic heterocycles. The molecule has 5 aromatic rings. The highest BCUT2D eigenvalue weighted by Gasteiger charge is 2.18. The van der Waals surface area contributed by atoms with Crippen LogP contribution in [0.5, 0.6) is 11.5 Å². The molecule has 0 unspecified atom stereocenters. The lowest BCUT2D eigenvalue weighted by Gasteiger charge is -2.10. The SMILES string of the molecule is Clc1cccc(-n2cc(-c3ccccc3)c3c(NCc4ccc5c(c4)OCO5)ncnc32)c1. The van der Waals surface area contributed by atoms with Crippen molar-refractivity contribution in [3.63, 3.8) is 0 Å². The molecular formula is C26H19ClN4O2. The van der Waals surface area contributed by atoms with Crippen LogP contribution in [0.2, 0.25) is 5.02 Å². The Hall–Kier alpha value is -4.03. The van der Waals surface area contributed by atoms with E-state index in [9.17, 15) is 0 Å². The number of halogens is 1. The largest absolute Gasteiger partial charge is 0.454 e. The van der Waals surface area contributed by atoms with Crippen molar-refractivity contribution < 1.29 is 9.47 Å². The van der Waals surface area contributed by atoms with Crippen LogP contribution in [0, 0.1) is 0 Å². The Kier molecular flexibility index (Phi) is 4.85. The van der Waals surface area contributed by atoms with Crippen molar-refractivity contribution in [1.29, 1.82) is 0 Å². The number of aromatic nitrogens is 3. The third kappa shape index (κ3) is 3.64.